The number of hydrogen-bond acceptors (Lipinski definition) is 4. The monoisotopic (exact) mass is 349 g/mol. The van der Waals surface area contributed by atoms with Crippen molar-refractivity contribution in [3.63, 3.8) is 0 Å². The molecule has 0 amide bonds. The lowest BCUT2D eigenvalue weighted by Crippen LogP contribution is -2.36. The predicted octanol–water partition coefficient (Wildman–Crippen LogP) is 1.41. The molecule has 0 radical (unpaired) electrons. The molecule has 1 aromatic rings. The van der Waals surface area contributed by atoms with Crippen molar-refractivity contribution in [1.29, 1.82) is 0 Å². The quantitative estimate of drug-likeness (QED) is 0.609. The van der Waals surface area contributed by atoms with Crippen LogP contribution in [0.25, 0.3) is 0 Å². The van der Waals surface area contributed by atoms with E-state index in [9.17, 15) is 34.4 Å². The van der Waals surface area contributed by atoms with Gasteiger partial charge in [0, 0.05) is 13.3 Å². The van der Waals surface area contributed by atoms with Crippen molar-refractivity contribution in [3.8, 4) is 0 Å². The minimum absolute atomic E-state index is 0.0997. The van der Waals surface area contributed by atoms with Crippen molar-refractivity contribution < 1.29 is 34.4 Å². The molecule has 0 unspecified atom stereocenters. The topological polar surface area (TPSA) is 71.5 Å². The smallest absolute Gasteiger partial charge is 0.224 e. The number of benzene rings is 1. The Morgan fingerprint density at radius 2 is 1.67 bits per heavy atom. The predicted molar refractivity (Wildman–Crippen MR) is 65.4 cm³/mol. The van der Waals surface area contributed by atoms with Crippen LogP contribution in [0.4, 0.5) is 17.6 Å². The van der Waals surface area contributed by atoms with Gasteiger partial charge in [-0.25, -0.2) is 21.2 Å². The van der Waals surface area contributed by atoms with E-state index in [0.29, 0.717) is 19.2 Å². The van der Waals surface area contributed by atoms with Gasteiger partial charge in [-0.3, -0.25) is 0 Å². The molecule has 0 saturated heterocycles. The Hall–Kier alpha value is -1.20. The van der Waals surface area contributed by atoms with Gasteiger partial charge in [0.15, 0.2) is 9.84 Å². The second-order valence-electron chi connectivity index (χ2n) is 4.24. The Morgan fingerprint density at radius 1 is 1.14 bits per heavy atom. The van der Waals surface area contributed by atoms with Gasteiger partial charge in [-0.2, -0.15) is 17.5 Å². The molecule has 1 aromatic carbocycles. The van der Waals surface area contributed by atoms with Crippen LogP contribution in [0, 0.1) is 5.82 Å². The minimum atomic E-state index is -4.81. The van der Waals surface area contributed by atoms with Gasteiger partial charge in [0.05, 0.1) is 4.90 Å². The Morgan fingerprint density at radius 3 is 2.10 bits per heavy atom. The first-order valence-corrected chi connectivity index (χ1v) is 8.61. The van der Waals surface area contributed by atoms with E-state index in [-0.39, 0.29) is 4.31 Å². The molecule has 0 aliphatic heterocycles. The Balaban J connectivity index is 3.38. The van der Waals surface area contributed by atoms with Gasteiger partial charge in [0.1, 0.15) is 17.3 Å². The van der Waals surface area contributed by atoms with E-state index in [1.807, 2.05) is 0 Å². The standard InChI is InChI=1S/C10H11F4NO4S2/c1-15(6-10(12,13)14)21(18,19)9-5-7(20(2,16)17)3-4-8(9)11/h3-5H,6H2,1-2H3. The van der Waals surface area contributed by atoms with Crippen molar-refractivity contribution in [3.05, 3.63) is 24.0 Å². The van der Waals surface area contributed by atoms with Crippen molar-refractivity contribution in [2.24, 2.45) is 0 Å². The summed E-state index contributed by atoms with van der Waals surface area (Å²) in [5.41, 5.74) is 0. The van der Waals surface area contributed by atoms with Crippen LogP contribution in [0.3, 0.4) is 0 Å². The zero-order chi connectivity index (χ0) is 16.6. The minimum Gasteiger partial charge on any atom is -0.224 e. The first kappa shape index (κ1) is 17.9. The fraction of sp³-hybridized carbons (Fsp3) is 0.400. The molecule has 0 heterocycles. The summed E-state index contributed by atoms with van der Waals surface area (Å²) in [5, 5.41) is 0. The third-order valence-electron chi connectivity index (χ3n) is 2.42. The largest absolute Gasteiger partial charge is 0.402 e. The maximum atomic E-state index is 13.6. The number of sulfone groups is 1. The van der Waals surface area contributed by atoms with Crippen LogP contribution in [0.1, 0.15) is 0 Å². The highest BCUT2D eigenvalue weighted by atomic mass is 32.2. The summed E-state index contributed by atoms with van der Waals surface area (Å²) < 4.78 is 96.6. The third kappa shape index (κ3) is 4.38. The molecule has 0 fully saturated rings. The van der Waals surface area contributed by atoms with Gasteiger partial charge in [0.2, 0.25) is 10.0 Å². The molecule has 21 heavy (non-hydrogen) atoms. The number of nitrogens with zero attached hydrogens (tertiary/aromatic N) is 1. The summed E-state index contributed by atoms with van der Waals surface area (Å²) in [7, 11) is -8.03. The van der Waals surface area contributed by atoms with Crippen molar-refractivity contribution in [2.75, 3.05) is 19.8 Å². The second kappa shape index (κ2) is 5.54. The molecule has 0 aromatic heterocycles. The van der Waals surface area contributed by atoms with Gasteiger partial charge < -0.3 is 0 Å². The molecule has 0 N–H and O–H groups in total. The number of alkyl halides is 3. The van der Waals surface area contributed by atoms with Crippen molar-refractivity contribution in [1.82, 2.24) is 4.31 Å². The summed E-state index contributed by atoms with van der Waals surface area (Å²) in [6, 6.07) is 1.89. The van der Waals surface area contributed by atoms with Crippen LogP contribution in [-0.4, -0.2) is 47.2 Å². The zero-order valence-electron chi connectivity index (χ0n) is 10.8. The molecule has 120 valence electrons. The Kier molecular flexibility index (Phi) is 4.71. The van der Waals surface area contributed by atoms with E-state index in [1.54, 1.807) is 0 Å². The summed E-state index contributed by atoms with van der Waals surface area (Å²) in [5.74, 6) is -1.34. The molecule has 0 spiro atoms. The van der Waals surface area contributed by atoms with Crippen molar-refractivity contribution in [2.45, 2.75) is 16.0 Å². The Bertz CT molecular complexity index is 741. The van der Waals surface area contributed by atoms with Crippen LogP contribution in [0.15, 0.2) is 28.0 Å². The Labute approximate surface area is 119 Å². The van der Waals surface area contributed by atoms with Gasteiger partial charge >= 0.3 is 6.18 Å². The molecule has 0 saturated carbocycles. The first-order chi connectivity index (χ1) is 9.25. The van der Waals surface area contributed by atoms with E-state index in [4.69, 9.17) is 0 Å². The molecule has 0 aliphatic carbocycles. The highest BCUT2D eigenvalue weighted by Crippen LogP contribution is 2.25. The van der Waals surface area contributed by atoms with E-state index in [2.05, 4.69) is 0 Å². The van der Waals surface area contributed by atoms with E-state index in [0.717, 1.165) is 12.3 Å². The average Bonchev–Trinajstić information content (AvgIpc) is 2.25. The van der Waals surface area contributed by atoms with Crippen LogP contribution >= 0.6 is 0 Å². The molecule has 0 bridgehead atoms. The van der Waals surface area contributed by atoms with Crippen molar-refractivity contribution >= 4 is 19.9 Å². The van der Waals surface area contributed by atoms with Gasteiger partial charge in [-0.15, -0.1) is 0 Å². The third-order valence-corrected chi connectivity index (χ3v) is 5.35. The molecule has 11 heteroatoms. The fourth-order valence-corrected chi connectivity index (χ4v) is 3.38. The lowest BCUT2D eigenvalue weighted by atomic mass is 10.3. The normalized spacial score (nSPS) is 13.7. The lowest BCUT2D eigenvalue weighted by Gasteiger charge is -2.19. The zero-order valence-corrected chi connectivity index (χ0v) is 12.5. The van der Waals surface area contributed by atoms with Gasteiger partial charge in [-0.05, 0) is 18.2 Å². The number of hydrogen-bond donors (Lipinski definition) is 0. The van der Waals surface area contributed by atoms with Gasteiger partial charge in [-0.1, -0.05) is 0 Å². The molecule has 0 atom stereocenters. The van der Waals surface area contributed by atoms with Crippen LogP contribution in [-0.2, 0) is 19.9 Å². The number of rotatable bonds is 4. The summed E-state index contributed by atoms with van der Waals surface area (Å²) in [6.45, 7) is -1.82. The summed E-state index contributed by atoms with van der Waals surface area (Å²) in [4.78, 5) is -1.64. The maximum Gasteiger partial charge on any atom is 0.402 e. The van der Waals surface area contributed by atoms with E-state index >= 15 is 0 Å². The lowest BCUT2D eigenvalue weighted by molar-refractivity contribution is -0.134. The SMILES string of the molecule is CN(CC(F)(F)F)S(=O)(=O)c1cc(S(C)(=O)=O)ccc1F. The molecule has 5 nitrogen and oxygen atoms in total. The highest BCUT2D eigenvalue weighted by Gasteiger charge is 2.36. The molecular formula is C10H11F4NO4S2. The maximum absolute atomic E-state index is 13.6. The van der Waals surface area contributed by atoms with Crippen LogP contribution < -0.4 is 0 Å². The number of halogens is 4. The summed E-state index contributed by atoms with van der Waals surface area (Å²) >= 11 is 0. The van der Waals surface area contributed by atoms with E-state index in [1.165, 1.54) is 0 Å². The average molecular weight is 349 g/mol. The molecular weight excluding hydrogens is 338 g/mol. The molecule has 0 aliphatic rings. The highest BCUT2D eigenvalue weighted by molar-refractivity contribution is 7.91. The molecule has 1 rings (SSSR count). The first-order valence-electron chi connectivity index (χ1n) is 5.28. The second-order valence-corrected chi connectivity index (χ2v) is 8.27. The van der Waals surface area contributed by atoms with E-state index < -0.39 is 48.2 Å². The fourth-order valence-electron chi connectivity index (χ4n) is 1.42. The van der Waals surface area contributed by atoms with Crippen LogP contribution in [0.5, 0.6) is 0 Å². The van der Waals surface area contributed by atoms with Crippen LogP contribution in [0.2, 0.25) is 0 Å². The summed E-state index contributed by atoms with van der Waals surface area (Å²) in [6.07, 6.45) is -4.05. The number of sulfonamides is 1. The van der Waals surface area contributed by atoms with Gasteiger partial charge in [0.25, 0.3) is 0 Å².